The number of aromatic amines is 1. The van der Waals surface area contributed by atoms with Gasteiger partial charge < -0.3 is 10.3 Å². The van der Waals surface area contributed by atoms with Crippen LogP contribution in [0.25, 0.3) is 33.1 Å². The Morgan fingerprint density at radius 1 is 0.938 bits per heavy atom. The van der Waals surface area contributed by atoms with E-state index in [1.807, 2.05) is 60.7 Å². The summed E-state index contributed by atoms with van der Waals surface area (Å²) in [5.74, 6) is -0.314. The molecule has 5 heteroatoms. The molecule has 1 amide bonds. The van der Waals surface area contributed by atoms with Crippen LogP contribution in [-0.4, -0.2) is 15.9 Å². The summed E-state index contributed by atoms with van der Waals surface area (Å²) in [4.78, 5) is 20.5. The number of aryl methyl sites for hydroxylation is 1. The van der Waals surface area contributed by atoms with Gasteiger partial charge in [-0.1, -0.05) is 42.5 Å². The number of rotatable bonds is 6. The number of carbonyl (C=O) groups excluding carboxylic acids is 1. The minimum absolute atomic E-state index is 0.0354. The van der Waals surface area contributed by atoms with Crippen molar-refractivity contribution in [2.75, 3.05) is 5.32 Å². The van der Waals surface area contributed by atoms with Crippen LogP contribution in [0.5, 0.6) is 0 Å². The van der Waals surface area contributed by atoms with Crippen LogP contribution in [0, 0.1) is 5.82 Å². The quantitative estimate of drug-likeness (QED) is 0.328. The number of hydrogen-bond donors (Lipinski definition) is 2. The summed E-state index contributed by atoms with van der Waals surface area (Å²) in [6, 6.07) is 24.3. The number of H-pyrrole nitrogens is 1. The first-order valence-electron chi connectivity index (χ1n) is 10.7. The highest BCUT2D eigenvalue weighted by Crippen LogP contribution is 2.31. The first-order chi connectivity index (χ1) is 15.7. The molecule has 5 aromatic rings. The van der Waals surface area contributed by atoms with Crippen molar-refractivity contribution in [1.29, 1.82) is 0 Å². The number of fused-ring (bicyclic) bond motifs is 2. The lowest BCUT2D eigenvalue weighted by atomic mass is 10.0. The number of anilines is 1. The Morgan fingerprint density at radius 3 is 2.66 bits per heavy atom. The molecule has 4 nitrogen and oxygen atoms in total. The van der Waals surface area contributed by atoms with E-state index in [4.69, 9.17) is 0 Å². The fourth-order valence-corrected chi connectivity index (χ4v) is 4.18. The van der Waals surface area contributed by atoms with Crippen LogP contribution in [0.3, 0.4) is 0 Å². The lowest BCUT2D eigenvalue weighted by Gasteiger charge is -2.09. The van der Waals surface area contributed by atoms with E-state index in [0.717, 1.165) is 44.3 Å². The van der Waals surface area contributed by atoms with Crippen molar-refractivity contribution < 1.29 is 9.18 Å². The summed E-state index contributed by atoms with van der Waals surface area (Å²) >= 11 is 0. The molecule has 5 rings (SSSR count). The zero-order chi connectivity index (χ0) is 21.9. The normalized spacial score (nSPS) is 11.2. The average molecular weight is 423 g/mol. The largest absolute Gasteiger partial charge is 0.353 e. The molecule has 3 aromatic carbocycles. The number of carbonyl (C=O) groups is 1. The highest BCUT2D eigenvalue weighted by molar-refractivity contribution is 6.02. The van der Waals surface area contributed by atoms with E-state index in [0.29, 0.717) is 19.3 Å². The topological polar surface area (TPSA) is 57.8 Å². The van der Waals surface area contributed by atoms with E-state index in [9.17, 15) is 9.18 Å². The predicted molar refractivity (Wildman–Crippen MR) is 127 cm³/mol. The van der Waals surface area contributed by atoms with Gasteiger partial charge in [-0.3, -0.25) is 9.78 Å². The van der Waals surface area contributed by atoms with Crippen molar-refractivity contribution in [3.05, 3.63) is 96.4 Å². The van der Waals surface area contributed by atoms with E-state index < -0.39 is 0 Å². The molecule has 158 valence electrons. The molecule has 0 spiro atoms. The van der Waals surface area contributed by atoms with Crippen molar-refractivity contribution in [3.8, 4) is 11.4 Å². The van der Waals surface area contributed by atoms with Crippen molar-refractivity contribution >= 4 is 33.3 Å². The van der Waals surface area contributed by atoms with Crippen LogP contribution in [-0.2, 0) is 11.2 Å². The second kappa shape index (κ2) is 8.63. The Morgan fingerprint density at radius 2 is 1.78 bits per heavy atom. The molecule has 0 radical (unpaired) electrons. The van der Waals surface area contributed by atoms with E-state index >= 15 is 0 Å². The fourth-order valence-electron chi connectivity index (χ4n) is 4.18. The molecule has 0 unspecified atom stereocenters. The van der Waals surface area contributed by atoms with Crippen LogP contribution in [0.4, 0.5) is 10.1 Å². The molecule has 0 aliphatic carbocycles. The maximum atomic E-state index is 14.0. The maximum absolute atomic E-state index is 14.0. The molecule has 2 aromatic heterocycles. The van der Waals surface area contributed by atoms with Gasteiger partial charge in [-0.05, 0) is 60.2 Å². The van der Waals surface area contributed by atoms with Crippen molar-refractivity contribution in [3.63, 3.8) is 0 Å². The number of amides is 1. The second-order valence-electron chi connectivity index (χ2n) is 7.81. The molecule has 2 N–H and O–H groups in total. The molecule has 0 aliphatic rings. The molecule has 32 heavy (non-hydrogen) atoms. The van der Waals surface area contributed by atoms with Crippen LogP contribution in [0.1, 0.15) is 18.4 Å². The number of nitrogens with zero attached hydrogens (tertiary/aromatic N) is 1. The van der Waals surface area contributed by atoms with E-state index in [-0.39, 0.29) is 11.7 Å². The Hall–Kier alpha value is -3.99. The fraction of sp³-hybridized carbons (Fsp3) is 0.111. The summed E-state index contributed by atoms with van der Waals surface area (Å²) < 4.78 is 14.0. The standard InChI is InChI=1S/C27H22FN3O/c28-19-14-15-24-22(17-19)21(27(31-24)25-11-3-4-16-29-25)10-6-13-26(32)30-23-12-5-8-18-7-1-2-9-20(18)23/h1-5,7-9,11-12,14-17,31H,6,10,13H2,(H,30,32). The summed E-state index contributed by atoms with van der Waals surface area (Å²) in [6.07, 6.45) is 3.38. The van der Waals surface area contributed by atoms with E-state index in [1.54, 1.807) is 18.3 Å². The van der Waals surface area contributed by atoms with Crippen LogP contribution in [0.15, 0.2) is 85.1 Å². The number of nitrogens with one attached hydrogen (secondary N) is 2. The third-order valence-corrected chi connectivity index (χ3v) is 5.68. The summed E-state index contributed by atoms with van der Waals surface area (Å²) in [5, 5.41) is 5.98. The monoisotopic (exact) mass is 423 g/mol. The maximum Gasteiger partial charge on any atom is 0.224 e. The summed E-state index contributed by atoms with van der Waals surface area (Å²) in [5.41, 5.74) is 4.34. The summed E-state index contributed by atoms with van der Waals surface area (Å²) in [7, 11) is 0. The van der Waals surface area contributed by atoms with Crippen molar-refractivity contribution in [2.24, 2.45) is 0 Å². The molecule has 2 heterocycles. The van der Waals surface area contributed by atoms with Crippen LogP contribution in [0.2, 0.25) is 0 Å². The third-order valence-electron chi connectivity index (χ3n) is 5.68. The van der Waals surface area contributed by atoms with Gasteiger partial charge in [0.2, 0.25) is 5.91 Å². The Balaban J connectivity index is 1.35. The predicted octanol–water partition coefficient (Wildman–Crippen LogP) is 6.48. The van der Waals surface area contributed by atoms with Gasteiger partial charge in [0, 0.05) is 34.6 Å². The number of benzene rings is 3. The molecule has 0 saturated carbocycles. The molecule has 0 fully saturated rings. The molecular weight excluding hydrogens is 401 g/mol. The molecule has 0 atom stereocenters. The SMILES string of the molecule is O=C(CCCc1c(-c2ccccn2)[nH]c2ccc(F)cc12)Nc1cccc2ccccc12. The Labute approximate surface area is 185 Å². The van der Waals surface area contributed by atoms with Crippen molar-refractivity contribution in [2.45, 2.75) is 19.3 Å². The van der Waals surface area contributed by atoms with E-state index in [2.05, 4.69) is 15.3 Å². The second-order valence-corrected chi connectivity index (χ2v) is 7.81. The third kappa shape index (κ3) is 3.97. The minimum atomic E-state index is -0.279. The van der Waals surface area contributed by atoms with E-state index in [1.165, 1.54) is 6.07 Å². The zero-order valence-electron chi connectivity index (χ0n) is 17.4. The van der Waals surface area contributed by atoms with Gasteiger partial charge in [0.25, 0.3) is 0 Å². The molecular formula is C27H22FN3O. The van der Waals surface area contributed by atoms with Crippen molar-refractivity contribution in [1.82, 2.24) is 9.97 Å². The van der Waals surface area contributed by atoms with Gasteiger partial charge >= 0.3 is 0 Å². The summed E-state index contributed by atoms with van der Waals surface area (Å²) in [6.45, 7) is 0. The number of aromatic nitrogens is 2. The van der Waals surface area contributed by atoms with Gasteiger partial charge in [0.1, 0.15) is 5.82 Å². The highest BCUT2D eigenvalue weighted by Gasteiger charge is 2.15. The lowest BCUT2D eigenvalue weighted by Crippen LogP contribution is -2.11. The average Bonchev–Trinajstić information content (AvgIpc) is 3.17. The number of pyridine rings is 1. The first kappa shape index (κ1) is 19.9. The number of halogens is 1. The molecule has 0 bridgehead atoms. The van der Waals surface area contributed by atoms with Gasteiger partial charge in [-0.15, -0.1) is 0 Å². The van der Waals surface area contributed by atoms with Crippen LogP contribution < -0.4 is 5.32 Å². The highest BCUT2D eigenvalue weighted by atomic mass is 19.1. The van der Waals surface area contributed by atoms with Gasteiger partial charge in [-0.25, -0.2) is 4.39 Å². The Bertz CT molecular complexity index is 1400. The minimum Gasteiger partial charge on any atom is -0.353 e. The van der Waals surface area contributed by atoms with Gasteiger partial charge in [-0.2, -0.15) is 0 Å². The van der Waals surface area contributed by atoms with Gasteiger partial charge in [0.15, 0.2) is 0 Å². The Kier molecular flexibility index (Phi) is 5.38. The molecule has 0 saturated heterocycles. The van der Waals surface area contributed by atoms with Crippen LogP contribution >= 0.6 is 0 Å². The number of hydrogen-bond acceptors (Lipinski definition) is 2. The smallest absolute Gasteiger partial charge is 0.224 e. The first-order valence-corrected chi connectivity index (χ1v) is 10.7. The zero-order valence-corrected chi connectivity index (χ0v) is 17.4. The van der Waals surface area contributed by atoms with Gasteiger partial charge in [0.05, 0.1) is 11.4 Å². The lowest BCUT2D eigenvalue weighted by molar-refractivity contribution is -0.116. The molecule has 0 aliphatic heterocycles.